The van der Waals surface area contributed by atoms with Crippen molar-refractivity contribution in [3.63, 3.8) is 0 Å². The van der Waals surface area contributed by atoms with Gasteiger partial charge in [0.2, 0.25) is 23.6 Å². The minimum Gasteiger partial charge on any atom is -0.372 e. The molecular weight excluding hydrogens is 1690 g/mol. The molecule has 658 valence electrons. The van der Waals surface area contributed by atoms with E-state index in [1.807, 2.05) is 115 Å². The number of amides is 8. The Bertz CT molecular complexity index is 5880. The Kier molecular flexibility index (Phi) is 27.8. The Morgan fingerprint density at radius 3 is 1.33 bits per heavy atom. The number of para-hydroxylation sites is 1. The van der Waals surface area contributed by atoms with E-state index in [2.05, 4.69) is 118 Å². The van der Waals surface area contributed by atoms with Gasteiger partial charge in [0, 0.05) is 126 Å². The summed E-state index contributed by atoms with van der Waals surface area (Å²) in [4.78, 5) is 115. The number of hydrogen-bond acceptors (Lipinski definition) is 23. The molecule has 2 fully saturated rings. The molecule has 8 amide bonds. The van der Waals surface area contributed by atoms with Gasteiger partial charge in [-0.3, -0.25) is 38.8 Å². The van der Waals surface area contributed by atoms with Crippen LogP contribution in [0.5, 0.6) is 0 Å². The maximum Gasteiger partial charge on any atom is 0.319 e. The molecule has 1 unspecified atom stereocenters. The van der Waals surface area contributed by atoms with Crippen molar-refractivity contribution in [1.82, 2.24) is 39.2 Å². The van der Waals surface area contributed by atoms with E-state index in [0.717, 1.165) is 97.7 Å². The number of aryl methyl sites for hydroxylation is 1. The molecule has 31 heteroatoms. The van der Waals surface area contributed by atoms with Crippen molar-refractivity contribution >= 4 is 132 Å². The van der Waals surface area contributed by atoms with Crippen molar-refractivity contribution in [2.45, 2.75) is 102 Å². The lowest BCUT2D eigenvalue weighted by atomic mass is 9.70. The van der Waals surface area contributed by atoms with Gasteiger partial charge in [-0.1, -0.05) is 72.8 Å². The molecule has 6 aliphatic heterocycles. The molecule has 7 atom stereocenters. The van der Waals surface area contributed by atoms with Gasteiger partial charge in [-0.05, 0) is 240 Å². The molecule has 5 aromatic heterocycles. The van der Waals surface area contributed by atoms with Crippen LogP contribution in [0.3, 0.4) is 0 Å². The molecule has 127 heavy (non-hydrogen) atoms. The molecule has 6 aliphatic rings. The number of aliphatic imine (C=N–C) groups is 4. The quantitative estimate of drug-likeness (QED) is 0.0741. The van der Waals surface area contributed by atoms with Gasteiger partial charge in [0.1, 0.15) is 16.6 Å². The standard InChI is InChI=1S/C28H31N5OS.2C25H30N6O2S.C18H17N3OS2/c1-5-33(24-12-7-6-9-19(24)2)14-13-23-26(34)32(4)27(30)31-28(23,3)25-16-22(18-35-25)21-11-8-10-20(15-21)17-29;2*1-25(20-13-19(15-34-20)18-7-5-6-16(12-18)14-26)21(22(32)30(4)23(27)28-25)17-8-10-31(11-9-17)24(33)29(2)3;1-18(8-15(22)21(2)17(19)20-18)14-10-24-16-12(4-3-5-13(14)16)11-6-7-23-9-11/h6-12,15-16,18,23H,5,13-14H2,1-4H3,(H2,30,31);2*5-7,12-13,15,17,21H,8-11H2,1-4H3,(H2,27,28);3-7,9-10H,8H2,1-2H3,(H2,19,20)/t23?,28-;21-,25+;21-,25-;18-/m0010/s1. The first kappa shape index (κ1) is 92.1. The fourth-order valence-electron chi connectivity index (χ4n) is 18.0. The maximum atomic E-state index is 13.6. The van der Waals surface area contributed by atoms with Crippen LogP contribution >= 0.6 is 56.7 Å². The monoisotopic (exact) mass is 1800 g/mol. The number of benzene rings is 5. The predicted octanol–water partition coefficient (Wildman–Crippen LogP) is 15.7. The molecule has 5 aromatic carbocycles. The van der Waals surface area contributed by atoms with Gasteiger partial charge in [0.15, 0.2) is 23.8 Å². The highest BCUT2D eigenvalue weighted by atomic mass is 32.1. The molecule has 0 saturated carbocycles. The van der Waals surface area contributed by atoms with Gasteiger partial charge in [-0.25, -0.2) is 29.6 Å². The lowest BCUT2D eigenvalue weighted by Gasteiger charge is -2.45. The number of urea groups is 2. The fourth-order valence-corrected chi connectivity index (χ4v) is 23.1. The first-order valence-electron chi connectivity index (χ1n) is 42.1. The summed E-state index contributed by atoms with van der Waals surface area (Å²) in [6.45, 7) is 16.3. The average molecular weight is 1800 g/mol. The van der Waals surface area contributed by atoms with Crippen molar-refractivity contribution in [3.8, 4) is 62.7 Å². The third-order valence-corrected chi connectivity index (χ3v) is 30.7. The van der Waals surface area contributed by atoms with Crippen molar-refractivity contribution in [3.05, 3.63) is 214 Å². The Labute approximate surface area is 762 Å². The number of nitrogens with zero attached hydrogens (tertiary/aromatic N) is 16. The van der Waals surface area contributed by atoms with Crippen LogP contribution < -0.4 is 27.8 Å². The van der Waals surface area contributed by atoms with Crippen molar-refractivity contribution < 1.29 is 28.8 Å². The largest absolute Gasteiger partial charge is 0.372 e. The number of carbonyl (C=O) groups excluding carboxylic acids is 6. The summed E-state index contributed by atoms with van der Waals surface area (Å²) in [5.74, 6) is -0.0833. The number of fused-ring (bicyclic) bond motifs is 1. The molecule has 0 bridgehead atoms. The molecule has 10 aromatic rings. The van der Waals surface area contributed by atoms with E-state index in [4.69, 9.17) is 37.9 Å². The van der Waals surface area contributed by atoms with Crippen molar-refractivity contribution in [2.24, 2.45) is 72.5 Å². The highest BCUT2D eigenvalue weighted by molar-refractivity contribution is 7.18. The summed E-state index contributed by atoms with van der Waals surface area (Å²) in [6.07, 6.45) is 3.91. The summed E-state index contributed by atoms with van der Waals surface area (Å²) < 4.78 is 1.23. The molecule has 16 rings (SSSR count). The van der Waals surface area contributed by atoms with E-state index >= 15 is 0 Å². The fraction of sp³-hybridized carbons (Fsp3) is 0.365. The maximum absolute atomic E-state index is 13.6. The van der Waals surface area contributed by atoms with Crippen LogP contribution in [-0.4, -0.2) is 194 Å². The number of thiophene rings is 5. The first-order valence-corrected chi connectivity index (χ1v) is 46.6. The third-order valence-electron chi connectivity index (χ3n) is 25.5. The second kappa shape index (κ2) is 38.3. The summed E-state index contributed by atoms with van der Waals surface area (Å²) in [6, 6.07) is 52.1. The zero-order valence-electron chi connectivity index (χ0n) is 74.1. The van der Waals surface area contributed by atoms with Crippen LogP contribution in [0.15, 0.2) is 192 Å². The molecule has 26 nitrogen and oxygen atoms in total. The molecule has 2 saturated heterocycles. The number of guanidine groups is 4. The minimum atomic E-state index is -0.804. The number of nitriles is 3. The second-order valence-electron chi connectivity index (χ2n) is 34.1. The third kappa shape index (κ3) is 18.8. The van der Waals surface area contributed by atoms with Crippen molar-refractivity contribution in [1.29, 1.82) is 15.8 Å². The highest BCUT2D eigenvalue weighted by Crippen LogP contribution is 2.52. The Morgan fingerprint density at radius 2 is 0.913 bits per heavy atom. The van der Waals surface area contributed by atoms with E-state index < -0.39 is 22.2 Å². The number of rotatable bonds is 15. The van der Waals surface area contributed by atoms with Crippen molar-refractivity contribution in [2.75, 3.05) is 101 Å². The Balaban J connectivity index is 0.000000146. The van der Waals surface area contributed by atoms with Crippen LogP contribution in [-0.2, 0) is 41.3 Å². The molecule has 0 spiro atoms. The van der Waals surface area contributed by atoms with Crippen LogP contribution in [0, 0.1) is 70.5 Å². The lowest BCUT2D eigenvalue weighted by Crippen LogP contribution is -2.57. The van der Waals surface area contributed by atoms with Crippen LogP contribution in [0.25, 0.3) is 54.6 Å². The molecule has 0 aliphatic carbocycles. The van der Waals surface area contributed by atoms with Gasteiger partial charge < -0.3 is 47.4 Å². The van der Waals surface area contributed by atoms with E-state index in [0.29, 0.717) is 55.7 Å². The first-order chi connectivity index (χ1) is 60.6. The van der Waals surface area contributed by atoms with Crippen LogP contribution in [0.2, 0.25) is 0 Å². The molecular formula is C96H108N20O6S5. The molecule has 0 radical (unpaired) electrons. The van der Waals surface area contributed by atoms with Gasteiger partial charge in [-0.15, -0.1) is 45.3 Å². The van der Waals surface area contributed by atoms with Crippen LogP contribution in [0.1, 0.15) is 116 Å². The van der Waals surface area contributed by atoms with E-state index in [1.54, 1.807) is 141 Å². The summed E-state index contributed by atoms with van der Waals surface area (Å²) >= 11 is 8.10. The molecule has 8 N–H and O–H groups in total. The zero-order valence-corrected chi connectivity index (χ0v) is 78.2. The Hall–Kier alpha value is -12.6. The molecule has 11 heterocycles. The van der Waals surface area contributed by atoms with E-state index in [-0.39, 0.29) is 89.1 Å². The second-order valence-corrected chi connectivity index (χ2v) is 38.5. The highest BCUT2D eigenvalue weighted by Gasteiger charge is 2.54. The van der Waals surface area contributed by atoms with Gasteiger partial charge in [0.25, 0.3) is 0 Å². The number of hydrogen-bond donors (Lipinski definition) is 4. The van der Waals surface area contributed by atoms with Gasteiger partial charge in [-0.2, -0.15) is 27.1 Å². The minimum absolute atomic E-state index is 0.00154. The smallest absolute Gasteiger partial charge is 0.319 e. The van der Waals surface area contributed by atoms with E-state index in [9.17, 15) is 44.6 Å². The topological polar surface area (TPSA) is 356 Å². The average Bonchev–Trinajstić information content (AvgIpc) is 1.72. The number of piperidine rings is 2. The van der Waals surface area contributed by atoms with E-state index in [1.165, 1.54) is 46.7 Å². The Morgan fingerprint density at radius 1 is 0.488 bits per heavy atom. The lowest BCUT2D eigenvalue weighted by molar-refractivity contribution is -0.138. The summed E-state index contributed by atoms with van der Waals surface area (Å²) in [5, 5.41) is 41.5. The summed E-state index contributed by atoms with van der Waals surface area (Å²) in [7, 11) is 13.7. The predicted molar refractivity (Wildman–Crippen MR) is 511 cm³/mol. The van der Waals surface area contributed by atoms with Crippen LogP contribution in [0.4, 0.5) is 15.3 Å². The number of likely N-dealkylation sites (tertiary alicyclic amines) is 2. The SMILES string of the molecule is CCN(CCC1C(=O)N(C)C(N)=N[C@]1(C)c1cc(-c2cccc(C#N)c2)cs1)c1ccccc1C.CN(C)C(=O)N1CCC([C@@H]2C(=O)N(C)C(N)=N[C@]2(C)c2cc(-c3cccc(C#N)c3)cs2)CC1.CN(C)C(=O)N1CCC([C@H]2C(=O)N(C)C(N)=N[C@]2(C)c2cc(-c3cccc(C#N)c3)cs2)CC1.CN1C(=O)C[C@@](C)(c2csc3c(-c4ccsc4)cccc23)N=C1N. The zero-order chi connectivity index (χ0) is 91.3. The van der Waals surface area contributed by atoms with Gasteiger partial charge in [0.05, 0.1) is 64.6 Å². The van der Waals surface area contributed by atoms with Gasteiger partial charge >= 0.3 is 12.1 Å². The summed E-state index contributed by atoms with van der Waals surface area (Å²) in [5.41, 5.74) is 35.2. The number of anilines is 1. The number of carbonyl (C=O) groups is 6. The normalized spacial score (nSPS) is 22.1. The number of nitrogens with two attached hydrogens (primary N) is 4.